The van der Waals surface area contributed by atoms with Gasteiger partial charge in [-0.05, 0) is 65.8 Å². The molecule has 0 saturated carbocycles. The first-order chi connectivity index (χ1) is 23.5. The topological polar surface area (TPSA) is 132 Å². The van der Waals surface area contributed by atoms with Crippen molar-refractivity contribution in [2.75, 3.05) is 33.3 Å². The molecule has 49 heavy (non-hydrogen) atoms. The number of carbonyl (C=O) groups excluding carboxylic acids is 1. The number of dihydropyridines is 1. The number of methoxy groups -OCH3 is 1. The summed E-state index contributed by atoms with van der Waals surface area (Å²) in [5, 5.41) is 24.6. The molecule has 2 aliphatic rings. The lowest BCUT2D eigenvalue weighted by Crippen LogP contribution is -2.48. The first kappa shape index (κ1) is 35.9. The lowest BCUT2D eigenvalue weighted by molar-refractivity contribution is -0.133. The Bertz CT molecular complexity index is 1760. The van der Waals surface area contributed by atoms with E-state index in [2.05, 4.69) is 29.0 Å². The zero-order valence-corrected chi connectivity index (χ0v) is 29.2. The fraction of sp³-hybridized carbons (Fsp3) is 0.351. The maximum absolute atomic E-state index is 13.8. The molecule has 5 rings (SSSR count). The lowest BCUT2D eigenvalue weighted by Gasteiger charge is -2.36. The van der Waals surface area contributed by atoms with Crippen molar-refractivity contribution in [3.05, 3.63) is 116 Å². The molecule has 1 atom stereocenters. The van der Waals surface area contributed by atoms with Gasteiger partial charge in [0.15, 0.2) is 0 Å². The van der Waals surface area contributed by atoms with Crippen LogP contribution < -0.4 is 10.1 Å². The highest BCUT2D eigenvalue weighted by atomic mass is 35.5. The Morgan fingerprint density at radius 2 is 1.55 bits per heavy atom. The Hall–Kier alpha value is -4.38. The van der Waals surface area contributed by atoms with Crippen molar-refractivity contribution in [1.82, 2.24) is 20.1 Å². The van der Waals surface area contributed by atoms with Gasteiger partial charge in [-0.25, -0.2) is 9.59 Å². The quantitative estimate of drug-likeness (QED) is 0.200. The summed E-state index contributed by atoms with van der Waals surface area (Å²) in [6.45, 7) is 7.13. The molecule has 0 aliphatic carbocycles. The van der Waals surface area contributed by atoms with Crippen molar-refractivity contribution < 1.29 is 29.3 Å². The molecule has 1 aromatic heterocycles. The molecular weight excluding hydrogens is 667 g/mol. The molecule has 1 fully saturated rings. The minimum absolute atomic E-state index is 0.112. The van der Waals surface area contributed by atoms with Gasteiger partial charge >= 0.3 is 11.9 Å². The van der Waals surface area contributed by atoms with Crippen molar-refractivity contribution in [3.63, 3.8) is 0 Å². The Morgan fingerprint density at radius 3 is 2.14 bits per heavy atom. The molecule has 0 bridgehead atoms. The van der Waals surface area contributed by atoms with Gasteiger partial charge in [-0.2, -0.15) is 0 Å². The Labute approximate surface area is 296 Å². The summed E-state index contributed by atoms with van der Waals surface area (Å²) < 4.78 is 5.62. The highest BCUT2D eigenvalue weighted by Gasteiger charge is 2.41. The van der Waals surface area contributed by atoms with Crippen LogP contribution in [0.1, 0.15) is 60.8 Å². The van der Waals surface area contributed by atoms with Gasteiger partial charge in [-0.3, -0.25) is 14.7 Å². The van der Waals surface area contributed by atoms with Crippen molar-refractivity contribution in [2.45, 2.75) is 51.5 Å². The van der Waals surface area contributed by atoms with Gasteiger partial charge in [0.1, 0.15) is 5.75 Å². The predicted molar refractivity (Wildman–Crippen MR) is 188 cm³/mol. The molecule has 3 aromatic rings. The molecule has 1 unspecified atom stereocenters. The summed E-state index contributed by atoms with van der Waals surface area (Å²) >= 11 is 13.2. The number of nitrogens with one attached hydrogen (secondary N) is 1. The van der Waals surface area contributed by atoms with Gasteiger partial charge in [0.2, 0.25) is 5.91 Å². The molecule has 0 radical (unpaired) electrons. The molecule has 1 amide bonds. The van der Waals surface area contributed by atoms with E-state index in [1.165, 1.54) is 0 Å². The Kier molecular flexibility index (Phi) is 11.6. The van der Waals surface area contributed by atoms with Crippen LogP contribution in [0.4, 0.5) is 0 Å². The molecule has 3 N–H and O–H groups in total. The minimum atomic E-state index is -1.37. The number of aliphatic carboxylic acids is 2. The summed E-state index contributed by atoms with van der Waals surface area (Å²) in [7, 11) is 1.58. The maximum atomic E-state index is 13.8. The van der Waals surface area contributed by atoms with E-state index in [0.717, 1.165) is 23.2 Å². The van der Waals surface area contributed by atoms with Gasteiger partial charge < -0.3 is 25.2 Å². The van der Waals surface area contributed by atoms with Crippen molar-refractivity contribution >= 4 is 41.0 Å². The first-order valence-electron chi connectivity index (χ1n) is 16.2. The number of pyridine rings is 1. The SMILES string of the molecule is COc1ccc(C(C)C)cc1CCC1=C(C(=O)O)C(c2c(Cl)cccc2Cl)C(C(=O)O)=C(CC(=O)N2CCN(Cc3ccncc3)CC2)N1. The summed E-state index contributed by atoms with van der Waals surface area (Å²) in [5.74, 6) is -3.38. The van der Waals surface area contributed by atoms with Gasteiger partial charge in [0.05, 0.1) is 30.6 Å². The fourth-order valence-corrected chi connectivity index (χ4v) is 7.12. The summed E-state index contributed by atoms with van der Waals surface area (Å²) in [4.78, 5) is 47.9. The average molecular weight is 708 g/mol. The minimum Gasteiger partial charge on any atom is -0.496 e. The van der Waals surface area contributed by atoms with Crippen LogP contribution in [0, 0.1) is 0 Å². The van der Waals surface area contributed by atoms with Gasteiger partial charge in [0, 0.05) is 72.1 Å². The second-order valence-electron chi connectivity index (χ2n) is 12.5. The van der Waals surface area contributed by atoms with E-state index in [4.69, 9.17) is 27.9 Å². The van der Waals surface area contributed by atoms with Gasteiger partial charge in [-0.1, -0.05) is 55.2 Å². The molecule has 12 heteroatoms. The Balaban J connectivity index is 1.48. The van der Waals surface area contributed by atoms with E-state index in [9.17, 15) is 24.6 Å². The van der Waals surface area contributed by atoms with E-state index < -0.39 is 17.9 Å². The van der Waals surface area contributed by atoms with E-state index in [1.54, 1.807) is 42.6 Å². The second-order valence-corrected chi connectivity index (χ2v) is 13.3. The number of aryl methyl sites for hydroxylation is 1. The molecule has 3 heterocycles. The third-order valence-corrected chi connectivity index (χ3v) is 9.76. The number of hydrogen-bond donors (Lipinski definition) is 3. The van der Waals surface area contributed by atoms with Crippen LogP contribution in [0.5, 0.6) is 5.75 Å². The number of carboxylic acid groups (broad SMARTS) is 2. The molecule has 1 saturated heterocycles. The smallest absolute Gasteiger partial charge is 0.334 e. The van der Waals surface area contributed by atoms with Crippen LogP contribution in [0.25, 0.3) is 0 Å². The molecular formula is C37H40Cl2N4O6. The maximum Gasteiger partial charge on any atom is 0.334 e. The van der Waals surface area contributed by atoms with E-state index in [1.807, 2.05) is 30.3 Å². The number of amides is 1. The van der Waals surface area contributed by atoms with E-state index in [0.29, 0.717) is 38.3 Å². The number of nitrogens with zero attached hydrogens (tertiary/aromatic N) is 3. The van der Waals surface area contributed by atoms with E-state index >= 15 is 0 Å². The summed E-state index contributed by atoms with van der Waals surface area (Å²) in [5.41, 5.74) is 3.18. The standard InChI is InChI=1S/C37H40Cl2N4O6/c1-22(2)24-8-10-30(49-3)25(19-24)7-9-28-33(36(45)46)35(32-26(38)5-4-6-27(32)39)34(37(47)48)29(41-28)20-31(44)43-17-15-42(16-18-43)21-23-11-13-40-14-12-23/h4-6,8,10-14,19,22,35,41H,7,9,15-18,20-21H2,1-3H3,(H,45,46)(H,47,48). The zero-order valence-electron chi connectivity index (χ0n) is 27.7. The lowest BCUT2D eigenvalue weighted by atomic mass is 9.78. The summed E-state index contributed by atoms with van der Waals surface area (Å²) in [6.07, 6.45) is 3.81. The van der Waals surface area contributed by atoms with E-state index in [-0.39, 0.29) is 62.8 Å². The van der Waals surface area contributed by atoms with Crippen LogP contribution in [0.15, 0.2) is 83.5 Å². The van der Waals surface area contributed by atoms with Crippen LogP contribution >= 0.6 is 23.2 Å². The third kappa shape index (κ3) is 8.26. The number of benzene rings is 2. The number of aromatic nitrogens is 1. The van der Waals surface area contributed by atoms with Crippen LogP contribution in [0.3, 0.4) is 0 Å². The monoisotopic (exact) mass is 706 g/mol. The zero-order chi connectivity index (χ0) is 35.2. The highest BCUT2D eigenvalue weighted by Crippen LogP contribution is 2.45. The molecule has 258 valence electrons. The number of hydrogen-bond acceptors (Lipinski definition) is 7. The van der Waals surface area contributed by atoms with Crippen LogP contribution in [-0.2, 0) is 27.3 Å². The fourth-order valence-electron chi connectivity index (χ4n) is 6.50. The normalized spacial score (nSPS) is 16.9. The number of piperazine rings is 1. The number of carboxylic acids is 2. The second kappa shape index (κ2) is 15.9. The largest absolute Gasteiger partial charge is 0.496 e. The first-order valence-corrected chi connectivity index (χ1v) is 16.9. The van der Waals surface area contributed by atoms with Crippen LogP contribution in [-0.4, -0.2) is 76.1 Å². The van der Waals surface area contributed by atoms with Crippen molar-refractivity contribution in [2.24, 2.45) is 0 Å². The number of rotatable bonds is 12. The van der Waals surface area contributed by atoms with Crippen molar-refractivity contribution in [3.8, 4) is 5.75 Å². The average Bonchev–Trinajstić information content (AvgIpc) is 3.07. The Morgan fingerprint density at radius 1 is 0.918 bits per heavy atom. The summed E-state index contributed by atoms with van der Waals surface area (Å²) in [6, 6.07) is 14.5. The van der Waals surface area contributed by atoms with Gasteiger partial charge in [-0.15, -0.1) is 0 Å². The predicted octanol–water partition coefficient (Wildman–Crippen LogP) is 6.25. The molecule has 0 spiro atoms. The molecule has 10 nitrogen and oxygen atoms in total. The van der Waals surface area contributed by atoms with Gasteiger partial charge in [0.25, 0.3) is 0 Å². The number of ether oxygens (including phenoxy) is 1. The number of carbonyl (C=O) groups is 3. The van der Waals surface area contributed by atoms with Crippen molar-refractivity contribution in [1.29, 1.82) is 0 Å². The molecule has 2 aliphatic heterocycles. The number of allylic oxidation sites excluding steroid dienone is 1. The third-order valence-electron chi connectivity index (χ3n) is 9.10. The highest BCUT2D eigenvalue weighted by molar-refractivity contribution is 6.36. The number of halogens is 2. The van der Waals surface area contributed by atoms with Crippen LogP contribution in [0.2, 0.25) is 10.0 Å². The molecule has 2 aromatic carbocycles.